The van der Waals surface area contributed by atoms with E-state index in [4.69, 9.17) is 5.73 Å². The molecule has 19 heavy (non-hydrogen) atoms. The highest BCUT2D eigenvalue weighted by Gasteiger charge is 2.32. The summed E-state index contributed by atoms with van der Waals surface area (Å²) in [5.74, 6) is -2.30. The van der Waals surface area contributed by atoms with Crippen LogP contribution in [0.25, 0.3) is 0 Å². The molecule has 8 heteroatoms. The van der Waals surface area contributed by atoms with Gasteiger partial charge in [-0.1, -0.05) is 6.07 Å². The Balaban J connectivity index is 3.17. The van der Waals surface area contributed by atoms with Crippen molar-refractivity contribution in [3.05, 3.63) is 29.3 Å². The van der Waals surface area contributed by atoms with Gasteiger partial charge in [-0.15, -0.1) is 13.2 Å². The van der Waals surface area contributed by atoms with E-state index < -0.39 is 30.4 Å². The van der Waals surface area contributed by atoms with Crippen molar-refractivity contribution in [1.82, 2.24) is 0 Å². The molecule has 0 aliphatic carbocycles. The van der Waals surface area contributed by atoms with Gasteiger partial charge in [0, 0.05) is 5.56 Å². The molecule has 0 bridgehead atoms. The molecule has 0 atom stereocenters. The van der Waals surface area contributed by atoms with Crippen molar-refractivity contribution in [1.29, 1.82) is 0 Å². The second-order valence-electron chi connectivity index (χ2n) is 3.50. The van der Waals surface area contributed by atoms with Gasteiger partial charge in [-0.3, -0.25) is 4.79 Å². The average molecular weight is 277 g/mol. The van der Waals surface area contributed by atoms with Crippen molar-refractivity contribution < 1.29 is 32.2 Å². The summed E-state index contributed by atoms with van der Waals surface area (Å²) >= 11 is 0. The van der Waals surface area contributed by atoms with Crippen LogP contribution in [0.3, 0.4) is 0 Å². The van der Waals surface area contributed by atoms with Gasteiger partial charge in [-0.25, -0.2) is 4.79 Å². The Bertz CT molecular complexity index is 499. The minimum absolute atomic E-state index is 0.0718. The third-order valence-corrected chi connectivity index (χ3v) is 2.08. The highest BCUT2D eigenvalue weighted by atomic mass is 19.4. The van der Waals surface area contributed by atoms with Crippen LogP contribution in [0.5, 0.6) is 5.75 Å². The SMILES string of the molecule is COC(=O)c1ccc(CC(N)=O)c(OC(F)(F)F)c1. The van der Waals surface area contributed by atoms with E-state index in [1.165, 1.54) is 6.07 Å². The lowest BCUT2D eigenvalue weighted by Crippen LogP contribution is -2.20. The topological polar surface area (TPSA) is 78.6 Å². The number of hydrogen-bond donors (Lipinski definition) is 1. The number of halogens is 3. The molecule has 0 radical (unpaired) electrons. The maximum Gasteiger partial charge on any atom is 0.573 e. The van der Waals surface area contributed by atoms with Gasteiger partial charge in [0.25, 0.3) is 0 Å². The number of rotatable bonds is 4. The van der Waals surface area contributed by atoms with Crippen molar-refractivity contribution in [3.8, 4) is 5.75 Å². The molecule has 1 aromatic rings. The highest BCUT2D eigenvalue weighted by molar-refractivity contribution is 5.90. The number of primary amides is 1. The van der Waals surface area contributed by atoms with Crippen LogP contribution >= 0.6 is 0 Å². The molecule has 0 saturated carbocycles. The second-order valence-corrected chi connectivity index (χ2v) is 3.50. The van der Waals surface area contributed by atoms with E-state index in [-0.39, 0.29) is 11.1 Å². The Morgan fingerprint density at radius 3 is 2.42 bits per heavy atom. The van der Waals surface area contributed by atoms with Gasteiger partial charge in [0.15, 0.2) is 0 Å². The summed E-state index contributed by atoms with van der Waals surface area (Å²) in [4.78, 5) is 22.0. The Morgan fingerprint density at radius 2 is 1.95 bits per heavy atom. The molecule has 1 amide bonds. The van der Waals surface area contributed by atoms with Crippen LogP contribution in [0, 0.1) is 0 Å². The molecule has 104 valence electrons. The van der Waals surface area contributed by atoms with Gasteiger partial charge in [0.1, 0.15) is 5.75 Å². The van der Waals surface area contributed by atoms with Crippen LogP contribution in [0.4, 0.5) is 13.2 Å². The number of esters is 1. The summed E-state index contributed by atoms with van der Waals surface area (Å²) in [7, 11) is 1.09. The molecule has 0 aromatic heterocycles. The lowest BCUT2D eigenvalue weighted by atomic mass is 10.1. The number of ether oxygens (including phenoxy) is 2. The second kappa shape index (κ2) is 5.59. The lowest BCUT2D eigenvalue weighted by Gasteiger charge is -2.13. The Morgan fingerprint density at radius 1 is 1.32 bits per heavy atom. The number of methoxy groups -OCH3 is 1. The number of carbonyl (C=O) groups is 2. The third kappa shape index (κ3) is 4.49. The summed E-state index contributed by atoms with van der Waals surface area (Å²) in [6.45, 7) is 0. The minimum atomic E-state index is -4.94. The molecule has 0 fully saturated rings. The summed E-state index contributed by atoms with van der Waals surface area (Å²) in [6, 6.07) is 3.21. The minimum Gasteiger partial charge on any atom is -0.465 e. The van der Waals surface area contributed by atoms with E-state index in [0.29, 0.717) is 0 Å². The number of amides is 1. The number of nitrogens with two attached hydrogens (primary N) is 1. The predicted molar refractivity (Wildman–Crippen MR) is 57.4 cm³/mol. The first-order valence-corrected chi connectivity index (χ1v) is 4.98. The van der Waals surface area contributed by atoms with E-state index in [2.05, 4.69) is 9.47 Å². The summed E-state index contributed by atoms with van der Waals surface area (Å²) < 4.78 is 44.8. The quantitative estimate of drug-likeness (QED) is 0.844. The van der Waals surface area contributed by atoms with Gasteiger partial charge in [-0.05, 0) is 12.1 Å². The molecule has 1 rings (SSSR count). The number of hydrogen-bond acceptors (Lipinski definition) is 4. The van der Waals surface area contributed by atoms with E-state index in [0.717, 1.165) is 19.2 Å². The van der Waals surface area contributed by atoms with Gasteiger partial charge in [0.2, 0.25) is 5.91 Å². The van der Waals surface area contributed by atoms with Crippen LogP contribution < -0.4 is 10.5 Å². The standard InChI is InChI=1S/C11H10F3NO4/c1-18-10(17)7-3-2-6(5-9(15)16)8(4-7)19-11(12,13)14/h2-4H,5H2,1H3,(H2,15,16). The maximum atomic E-state index is 12.2. The molecule has 1 aromatic carbocycles. The first-order valence-electron chi connectivity index (χ1n) is 4.98. The van der Waals surface area contributed by atoms with E-state index in [9.17, 15) is 22.8 Å². The zero-order valence-corrected chi connectivity index (χ0v) is 9.78. The van der Waals surface area contributed by atoms with Crippen LogP contribution in [0.2, 0.25) is 0 Å². The Kier molecular flexibility index (Phi) is 4.36. The largest absolute Gasteiger partial charge is 0.573 e. The monoisotopic (exact) mass is 277 g/mol. The summed E-state index contributed by atoms with van der Waals surface area (Å²) in [5, 5.41) is 0. The molecular formula is C11H10F3NO4. The molecule has 0 heterocycles. The number of benzene rings is 1. The van der Waals surface area contributed by atoms with Crippen molar-refractivity contribution in [2.75, 3.05) is 7.11 Å². The van der Waals surface area contributed by atoms with Crippen LogP contribution in [-0.4, -0.2) is 25.3 Å². The van der Waals surface area contributed by atoms with Crippen molar-refractivity contribution in [2.45, 2.75) is 12.8 Å². The average Bonchev–Trinajstić information content (AvgIpc) is 2.28. The van der Waals surface area contributed by atoms with Crippen LogP contribution in [-0.2, 0) is 16.0 Å². The fourth-order valence-corrected chi connectivity index (χ4v) is 1.35. The first kappa shape index (κ1) is 14.8. The Labute approximate surface area is 106 Å². The zero-order valence-electron chi connectivity index (χ0n) is 9.78. The molecular weight excluding hydrogens is 267 g/mol. The van der Waals surface area contributed by atoms with Crippen molar-refractivity contribution >= 4 is 11.9 Å². The molecule has 0 unspecified atom stereocenters. The van der Waals surface area contributed by atoms with Crippen LogP contribution in [0.1, 0.15) is 15.9 Å². The molecule has 0 spiro atoms. The predicted octanol–water partition coefficient (Wildman–Crippen LogP) is 1.40. The van der Waals surface area contributed by atoms with E-state index >= 15 is 0 Å². The van der Waals surface area contributed by atoms with Gasteiger partial charge >= 0.3 is 12.3 Å². The third-order valence-electron chi connectivity index (χ3n) is 2.08. The fourth-order valence-electron chi connectivity index (χ4n) is 1.35. The summed E-state index contributed by atoms with van der Waals surface area (Å²) in [5.41, 5.74) is 4.71. The number of alkyl halides is 3. The molecule has 5 nitrogen and oxygen atoms in total. The Hall–Kier alpha value is -2.25. The van der Waals surface area contributed by atoms with Gasteiger partial charge in [0.05, 0.1) is 19.1 Å². The van der Waals surface area contributed by atoms with Gasteiger partial charge in [-0.2, -0.15) is 0 Å². The first-order chi connectivity index (χ1) is 8.73. The normalized spacial score (nSPS) is 10.9. The molecule has 0 aliphatic heterocycles. The van der Waals surface area contributed by atoms with E-state index in [1.54, 1.807) is 0 Å². The molecule has 2 N–H and O–H groups in total. The highest BCUT2D eigenvalue weighted by Crippen LogP contribution is 2.28. The van der Waals surface area contributed by atoms with Gasteiger partial charge < -0.3 is 15.2 Å². The molecule has 0 saturated heterocycles. The maximum absolute atomic E-state index is 12.2. The van der Waals surface area contributed by atoms with E-state index in [1.807, 2.05) is 0 Å². The number of carbonyl (C=O) groups excluding carboxylic acids is 2. The van der Waals surface area contributed by atoms with Crippen molar-refractivity contribution in [3.63, 3.8) is 0 Å². The lowest BCUT2D eigenvalue weighted by molar-refractivity contribution is -0.274. The van der Waals surface area contributed by atoms with Crippen molar-refractivity contribution in [2.24, 2.45) is 5.73 Å². The smallest absolute Gasteiger partial charge is 0.465 e. The summed E-state index contributed by atoms with van der Waals surface area (Å²) in [6.07, 6.45) is -5.38. The molecule has 0 aliphatic rings. The van der Waals surface area contributed by atoms with Crippen LogP contribution in [0.15, 0.2) is 18.2 Å². The zero-order chi connectivity index (χ0) is 14.6. The fraction of sp³-hybridized carbons (Fsp3) is 0.273.